The summed E-state index contributed by atoms with van der Waals surface area (Å²) in [7, 11) is 0. The summed E-state index contributed by atoms with van der Waals surface area (Å²) in [6.07, 6.45) is 0.656. The van der Waals surface area contributed by atoms with Crippen LogP contribution in [0.25, 0.3) is 0 Å². The molecule has 18 heavy (non-hydrogen) atoms. The first-order chi connectivity index (χ1) is 8.65. The van der Waals surface area contributed by atoms with Crippen LogP contribution in [-0.2, 0) is 13.0 Å². The fourth-order valence-electron chi connectivity index (χ4n) is 1.62. The minimum Gasteiger partial charge on any atom is -0.484 e. The van der Waals surface area contributed by atoms with E-state index in [1.165, 1.54) is 17.4 Å². The van der Waals surface area contributed by atoms with Gasteiger partial charge in [0.05, 0.1) is 11.2 Å². The molecule has 1 aromatic carbocycles. The maximum Gasteiger partial charge on any atom is 0.165 e. The smallest absolute Gasteiger partial charge is 0.165 e. The fourth-order valence-corrected chi connectivity index (χ4v) is 2.16. The first-order valence-electron chi connectivity index (χ1n) is 5.69. The molecule has 2 rings (SSSR count). The van der Waals surface area contributed by atoms with Gasteiger partial charge in [0, 0.05) is 11.4 Å². The quantitative estimate of drug-likeness (QED) is 0.905. The van der Waals surface area contributed by atoms with E-state index >= 15 is 0 Å². The maximum atomic E-state index is 13.7. The molecule has 1 atom stereocenters. The van der Waals surface area contributed by atoms with Gasteiger partial charge < -0.3 is 10.5 Å². The minimum atomic E-state index is -0.358. The average molecular weight is 266 g/mol. The molecule has 2 N–H and O–H groups in total. The number of rotatable bonds is 5. The van der Waals surface area contributed by atoms with Gasteiger partial charge >= 0.3 is 0 Å². The van der Waals surface area contributed by atoms with Crippen LogP contribution in [0, 0.1) is 5.82 Å². The number of hydrogen-bond acceptors (Lipinski definition) is 4. The number of nitrogens with zero attached hydrogens (tertiary/aromatic N) is 1. The minimum absolute atomic E-state index is 0.0196. The molecule has 96 valence electrons. The Morgan fingerprint density at radius 3 is 2.94 bits per heavy atom. The largest absolute Gasteiger partial charge is 0.484 e. The lowest BCUT2D eigenvalue weighted by Gasteiger charge is -2.09. The number of nitrogens with two attached hydrogens (primary N) is 1. The van der Waals surface area contributed by atoms with Crippen molar-refractivity contribution in [2.45, 2.75) is 26.0 Å². The summed E-state index contributed by atoms with van der Waals surface area (Å²) in [5, 5.41) is 1.88. The highest BCUT2D eigenvalue weighted by atomic mass is 32.1. The maximum absolute atomic E-state index is 13.7. The second kappa shape index (κ2) is 5.93. The normalized spacial score (nSPS) is 12.4. The van der Waals surface area contributed by atoms with E-state index in [0.29, 0.717) is 6.42 Å². The Balaban J connectivity index is 2.01. The first-order valence-corrected chi connectivity index (χ1v) is 6.63. The van der Waals surface area contributed by atoms with Gasteiger partial charge in [-0.2, -0.15) is 0 Å². The number of aromatic nitrogens is 1. The highest BCUT2D eigenvalue weighted by Crippen LogP contribution is 2.20. The van der Waals surface area contributed by atoms with Crippen molar-refractivity contribution in [2.24, 2.45) is 5.73 Å². The summed E-state index contributed by atoms with van der Waals surface area (Å²) < 4.78 is 19.1. The summed E-state index contributed by atoms with van der Waals surface area (Å²) in [5.41, 5.74) is 9.08. The number of halogens is 1. The van der Waals surface area contributed by atoms with Gasteiger partial charge in [-0.15, -0.1) is 11.3 Å². The summed E-state index contributed by atoms with van der Waals surface area (Å²) in [6.45, 7) is 2.18. The van der Waals surface area contributed by atoms with Crippen molar-refractivity contribution in [3.63, 3.8) is 0 Å². The van der Waals surface area contributed by atoms with E-state index in [2.05, 4.69) is 4.98 Å². The topological polar surface area (TPSA) is 48.1 Å². The van der Waals surface area contributed by atoms with Crippen LogP contribution in [0.2, 0.25) is 0 Å². The molecule has 0 saturated heterocycles. The van der Waals surface area contributed by atoms with Crippen LogP contribution in [0.4, 0.5) is 4.39 Å². The molecule has 0 amide bonds. The van der Waals surface area contributed by atoms with Gasteiger partial charge in [-0.05, 0) is 31.0 Å². The van der Waals surface area contributed by atoms with Gasteiger partial charge in [0.15, 0.2) is 11.6 Å². The molecule has 0 aliphatic rings. The molecule has 0 bridgehead atoms. The Morgan fingerprint density at radius 1 is 1.50 bits per heavy atom. The lowest BCUT2D eigenvalue weighted by atomic mass is 10.1. The molecular weight excluding hydrogens is 251 g/mol. The van der Waals surface area contributed by atoms with Gasteiger partial charge in [-0.25, -0.2) is 9.37 Å². The van der Waals surface area contributed by atoms with Crippen LogP contribution in [-0.4, -0.2) is 11.0 Å². The van der Waals surface area contributed by atoms with Crippen molar-refractivity contribution in [2.75, 3.05) is 0 Å². The Labute approximate surface area is 109 Å². The van der Waals surface area contributed by atoms with Gasteiger partial charge in [-0.3, -0.25) is 0 Å². The summed E-state index contributed by atoms with van der Waals surface area (Å²) in [4.78, 5) is 4.07. The predicted molar refractivity (Wildman–Crippen MR) is 70.2 cm³/mol. The first kappa shape index (κ1) is 13.0. The van der Waals surface area contributed by atoms with Crippen LogP contribution in [0.3, 0.4) is 0 Å². The molecule has 0 aliphatic carbocycles. The van der Waals surface area contributed by atoms with Crippen molar-refractivity contribution in [1.82, 2.24) is 4.98 Å². The zero-order chi connectivity index (χ0) is 13.0. The Morgan fingerprint density at radius 2 is 2.33 bits per heavy atom. The number of ether oxygens (including phenoxy) is 1. The van der Waals surface area contributed by atoms with Crippen molar-refractivity contribution in [1.29, 1.82) is 0 Å². The van der Waals surface area contributed by atoms with Crippen LogP contribution >= 0.6 is 11.3 Å². The van der Waals surface area contributed by atoms with E-state index in [-0.39, 0.29) is 24.2 Å². The lowest BCUT2D eigenvalue weighted by molar-refractivity contribution is 0.286. The third-order valence-electron chi connectivity index (χ3n) is 2.41. The monoisotopic (exact) mass is 266 g/mol. The molecular formula is C13H15FN2OS. The summed E-state index contributed by atoms with van der Waals surface area (Å²) in [6, 6.07) is 4.97. The van der Waals surface area contributed by atoms with Crippen LogP contribution < -0.4 is 10.5 Å². The third kappa shape index (κ3) is 3.51. The van der Waals surface area contributed by atoms with Crippen LogP contribution in [0.15, 0.2) is 29.1 Å². The van der Waals surface area contributed by atoms with E-state index in [4.69, 9.17) is 10.5 Å². The van der Waals surface area contributed by atoms with Gasteiger partial charge in [0.25, 0.3) is 0 Å². The summed E-state index contributed by atoms with van der Waals surface area (Å²) in [5.74, 6) is -0.111. The van der Waals surface area contributed by atoms with Crippen molar-refractivity contribution in [3.05, 3.63) is 46.2 Å². The zero-order valence-corrected chi connectivity index (χ0v) is 10.9. The highest BCUT2D eigenvalue weighted by molar-refractivity contribution is 7.07. The van der Waals surface area contributed by atoms with E-state index in [1.54, 1.807) is 11.6 Å². The molecule has 0 fully saturated rings. The van der Waals surface area contributed by atoms with Crippen molar-refractivity contribution < 1.29 is 9.13 Å². The molecule has 0 aliphatic heterocycles. The standard InChI is InChI=1S/C13H15FN2OS/c1-9(15)4-10-2-3-13(12(14)5-10)17-6-11-7-18-8-16-11/h2-3,5,7-9H,4,6,15H2,1H3. The molecule has 5 heteroatoms. The molecule has 0 saturated carbocycles. The van der Waals surface area contributed by atoms with Crippen molar-refractivity contribution >= 4 is 11.3 Å². The van der Waals surface area contributed by atoms with E-state index < -0.39 is 0 Å². The summed E-state index contributed by atoms with van der Waals surface area (Å²) >= 11 is 1.49. The number of benzene rings is 1. The van der Waals surface area contributed by atoms with Crippen LogP contribution in [0.1, 0.15) is 18.2 Å². The molecule has 0 radical (unpaired) electrons. The third-order valence-corrected chi connectivity index (χ3v) is 3.05. The molecule has 1 aromatic heterocycles. The lowest BCUT2D eigenvalue weighted by Crippen LogP contribution is -2.17. The van der Waals surface area contributed by atoms with Crippen LogP contribution in [0.5, 0.6) is 5.75 Å². The SMILES string of the molecule is CC(N)Cc1ccc(OCc2cscn2)c(F)c1. The molecule has 0 spiro atoms. The van der Waals surface area contributed by atoms with E-state index in [0.717, 1.165) is 11.3 Å². The van der Waals surface area contributed by atoms with Gasteiger partial charge in [0.2, 0.25) is 0 Å². The van der Waals surface area contributed by atoms with Crippen molar-refractivity contribution in [3.8, 4) is 5.75 Å². The fraction of sp³-hybridized carbons (Fsp3) is 0.308. The molecule has 1 heterocycles. The average Bonchev–Trinajstić information content (AvgIpc) is 2.80. The Hall–Kier alpha value is -1.46. The molecule has 2 aromatic rings. The predicted octanol–water partition coefficient (Wildman–Crippen LogP) is 2.75. The second-order valence-corrected chi connectivity index (χ2v) is 4.93. The highest BCUT2D eigenvalue weighted by Gasteiger charge is 2.07. The Bertz CT molecular complexity index is 500. The van der Waals surface area contributed by atoms with E-state index in [9.17, 15) is 4.39 Å². The second-order valence-electron chi connectivity index (χ2n) is 4.21. The number of thiazole rings is 1. The number of hydrogen-bond donors (Lipinski definition) is 1. The van der Waals surface area contributed by atoms with E-state index in [1.807, 2.05) is 18.4 Å². The molecule has 1 unspecified atom stereocenters. The zero-order valence-electron chi connectivity index (χ0n) is 10.1. The van der Waals surface area contributed by atoms with Gasteiger partial charge in [0.1, 0.15) is 6.61 Å². The molecule has 3 nitrogen and oxygen atoms in total. The van der Waals surface area contributed by atoms with Gasteiger partial charge in [-0.1, -0.05) is 6.07 Å². The Kier molecular flexibility index (Phi) is 4.28.